The fourth-order valence-corrected chi connectivity index (χ4v) is 2.11. The van der Waals surface area contributed by atoms with Gasteiger partial charge < -0.3 is 10.0 Å². The maximum absolute atomic E-state index is 9.08. The molecule has 0 bridgehead atoms. The van der Waals surface area contributed by atoms with E-state index in [1.165, 1.54) is 19.4 Å². The maximum Gasteiger partial charge on any atom is 0.0471 e. The van der Waals surface area contributed by atoms with Gasteiger partial charge in [0.15, 0.2) is 0 Å². The van der Waals surface area contributed by atoms with Gasteiger partial charge in [0.25, 0.3) is 0 Å². The maximum atomic E-state index is 9.08. The SMILES string of the molecule is CC(C)(C)CN1CCC[C@H](CO)C1. The van der Waals surface area contributed by atoms with E-state index in [1.54, 1.807) is 0 Å². The van der Waals surface area contributed by atoms with Gasteiger partial charge in [-0.15, -0.1) is 0 Å². The third-order valence-electron chi connectivity index (χ3n) is 2.56. The van der Waals surface area contributed by atoms with Crippen molar-refractivity contribution in [3.63, 3.8) is 0 Å². The molecule has 0 aromatic carbocycles. The van der Waals surface area contributed by atoms with E-state index in [4.69, 9.17) is 5.11 Å². The molecule has 1 heterocycles. The summed E-state index contributed by atoms with van der Waals surface area (Å²) in [7, 11) is 0. The molecule has 0 unspecified atom stereocenters. The van der Waals surface area contributed by atoms with Gasteiger partial charge in [-0.3, -0.25) is 0 Å². The van der Waals surface area contributed by atoms with E-state index in [-0.39, 0.29) is 0 Å². The fourth-order valence-electron chi connectivity index (χ4n) is 2.11. The smallest absolute Gasteiger partial charge is 0.0471 e. The molecule has 1 aliphatic rings. The second-order valence-electron chi connectivity index (χ2n) is 5.49. The Labute approximate surface area is 81.9 Å². The zero-order valence-electron chi connectivity index (χ0n) is 9.21. The summed E-state index contributed by atoms with van der Waals surface area (Å²) in [5, 5.41) is 9.08. The minimum Gasteiger partial charge on any atom is -0.396 e. The average molecular weight is 185 g/mol. The van der Waals surface area contributed by atoms with Crippen molar-refractivity contribution in [2.75, 3.05) is 26.2 Å². The Balaban J connectivity index is 2.34. The summed E-state index contributed by atoms with van der Waals surface area (Å²) in [6.07, 6.45) is 2.46. The average Bonchev–Trinajstić information content (AvgIpc) is 2.01. The molecule has 1 aliphatic heterocycles. The van der Waals surface area contributed by atoms with E-state index >= 15 is 0 Å². The largest absolute Gasteiger partial charge is 0.396 e. The number of hydrogen-bond acceptors (Lipinski definition) is 2. The van der Waals surface area contributed by atoms with Gasteiger partial charge in [-0.25, -0.2) is 0 Å². The third kappa shape index (κ3) is 4.10. The van der Waals surface area contributed by atoms with Gasteiger partial charge in [0.2, 0.25) is 0 Å². The highest BCUT2D eigenvalue weighted by atomic mass is 16.3. The monoisotopic (exact) mass is 185 g/mol. The number of nitrogens with zero attached hydrogens (tertiary/aromatic N) is 1. The van der Waals surface area contributed by atoms with Gasteiger partial charge in [0.1, 0.15) is 0 Å². The van der Waals surface area contributed by atoms with Crippen molar-refractivity contribution in [1.82, 2.24) is 4.90 Å². The normalized spacial score (nSPS) is 26.3. The predicted octanol–water partition coefficient (Wildman–Crippen LogP) is 1.74. The molecule has 2 nitrogen and oxygen atoms in total. The highest BCUT2D eigenvalue weighted by molar-refractivity contribution is 4.76. The molecule has 0 radical (unpaired) electrons. The van der Waals surface area contributed by atoms with Crippen LogP contribution in [0.2, 0.25) is 0 Å². The molecule has 2 heteroatoms. The van der Waals surface area contributed by atoms with Gasteiger partial charge in [0.05, 0.1) is 0 Å². The van der Waals surface area contributed by atoms with Crippen LogP contribution in [0.3, 0.4) is 0 Å². The summed E-state index contributed by atoms with van der Waals surface area (Å²) in [5.41, 5.74) is 0.386. The number of likely N-dealkylation sites (tertiary alicyclic amines) is 1. The molecule has 0 aromatic rings. The quantitative estimate of drug-likeness (QED) is 0.708. The zero-order chi connectivity index (χ0) is 9.90. The highest BCUT2D eigenvalue weighted by Crippen LogP contribution is 2.21. The number of piperidine rings is 1. The Kier molecular flexibility index (Phi) is 3.74. The Morgan fingerprint density at radius 2 is 2.08 bits per heavy atom. The van der Waals surface area contributed by atoms with E-state index in [0.717, 1.165) is 13.1 Å². The molecule has 1 fully saturated rings. The van der Waals surface area contributed by atoms with Crippen LogP contribution in [0.4, 0.5) is 0 Å². The molecule has 0 aliphatic carbocycles. The molecule has 78 valence electrons. The first kappa shape index (κ1) is 11.0. The molecular formula is C11H23NO. The summed E-state index contributed by atoms with van der Waals surface area (Å²) >= 11 is 0. The molecule has 0 amide bonds. The summed E-state index contributed by atoms with van der Waals surface area (Å²) in [6, 6.07) is 0. The van der Waals surface area contributed by atoms with Crippen LogP contribution in [-0.4, -0.2) is 36.2 Å². The Morgan fingerprint density at radius 1 is 1.38 bits per heavy atom. The second-order valence-corrected chi connectivity index (χ2v) is 5.49. The first-order chi connectivity index (χ1) is 6.01. The predicted molar refractivity (Wildman–Crippen MR) is 55.7 cm³/mol. The van der Waals surface area contributed by atoms with Gasteiger partial charge in [-0.05, 0) is 30.7 Å². The van der Waals surface area contributed by atoms with Gasteiger partial charge in [-0.2, -0.15) is 0 Å². The number of hydrogen-bond donors (Lipinski definition) is 1. The summed E-state index contributed by atoms with van der Waals surface area (Å²) in [5.74, 6) is 0.524. The van der Waals surface area contributed by atoms with Crippen molar-refractivity contribution in [3.8, 4) is 0 Å². The molecular weight excluding hydrogens is 162 g/mol. The lowest BCUT2D eigenvalue weighted by Gasteiger charge is -2.36. The minimum absolute atomic E-state index is 0.362. The summed E-state index contributed by atoms with van der Waals surface area (Å²) < 4.78 is 0. The van der Waals surface area contributed by atoms with Crippen molar-refractivity contribution < 1.29 is 5.11 Å². The summed E-state index contributed by atoms with van der Waals surface area (Å²) in [4.78, 5) is 2.49. The second kappa shape index (κ2) is 4.43. The fraction of sp³-hybridized carbons (Fsp3) is 1.00. The van der Waals surface area contributed by atoms with Gasteiger partial charge >= 0.3 is 0 Å². The molecule has 0 aromatic heterocycles. The van der Waals surface area contributed by atoms with E-state index in [0.29, 0.717) is 17.9 Å². The summed E-state index contributed by atoms with van der Waals surface area (Å²) in [6.45, 7) is 10.6. The number of rotatable bonds is 2. The van der Waals surface area contributed by atoms with Crippen molar-refractivity contribution in [2.24, 2.45) is 11.3 Å². The minimum atomic E-state index is 0.362. The molecule has 1 atom stereocenters. The van der Waals surface area contributed by atoms with E-state index in [1.807, 2.05) is 0 Å². The van der Waals surface area contributed by atoms with Gasteiger partial charge in [0, 0.05) is 19.7 Å². The van der Waals surface area contributed by atoms with Crippen molar-refractivity contribution in [1.29, 1.82) is 0 Å². The van der Waals surface area contributed by atoms with E-state index in [9.17, 15) is 0 Å². The van der Waals surface area contributed by atoms with Crippen LogP contribution in [0.1, 0.15) is 33.6 Å². The van der Waals surface area contributed by atoms with Crippen LogP contribution in [0, 0.1) is 11.3 Å². The number of aliphatic hydroxyl groups excluding tert-OH is 1. The topological polar surface area (TPSA) is 23.5 Å². The first-order valence-electron chi connectivity index (χ1n) is 5.34. The molecule has 0 saturated carbocycles. The van der Waals surface area contributed by atoms with Crippen LogP contribution in [-0.2, 0) is 0 Å². The Morgan fingerprint density at radius 3 is 2.62 bits per heavy atom. The molecule has 1 rings (SSSR count). The van der Waals surface area contributed by atoms with Crippen molar-refractivity contribution in [2.45, 2.75) is 33.6 Å². The van der Waals surface area contributed by atoms with Crippen LogP contribution >= 0.6 is 0 Å². The zero-order valence-corrected chi connectivity index (χ0v) is 9.21. The van der Waals surface area contributed by atoms with Crippen molar-refractivity contribution >= 4 is 0 Å². The molecule has 1 N–H and O–H groups in total. The van der Waals surface area contributed by atoms with Crippen molar-refractivity contribution in [3.05, 3.63) is 0 Å². The van der Waals surface area contributed by atoms with Crippen LogP contribution < -0.4 is 0 Å². The first-order valence-corrected chi connectivity index (χ1v) is 5.34. The Bertz CT molecular complexity index is 151. The lowest BCUT2D eigenvalue weighted by molar-refractivity contribution is 0.0943. The van der Waals surface area contributed by atoms with Crippen LogP contribution in [0.5, 0.6) is 0 Å². The molecule has 1 saturated heterocycles. The molecule has 0 spiro atoms. The van der Waals surface area contributed by atoms with Gasteiger partial charge in [-0.1, -0.05) is 20.8 Å². The lowest BCUT2D eigenvalue weighted by atomic mass is 9.92. The van der Waals surface area contributed by atoms with Crippen LogP contribution in [0.25, 0.3) is 0 Å². The Hall–Kier alpha value is -0.0800. The highest BCUT2D eigenvalue weighted by Gasteiger charge is 2.22. The molecule has 13 heavy (non-hydrogen) atoms. The van der Waals surface area contributed by atoms with Crippen LogP contribution in [0.15, 0.2) is 0 Å². The standard InChI is InChI=1S/C11H23NO/c1-11(2,3)9-12-6-4-5-10(7-12)8-13/h10,13H,4-9H2,1-3H3/t10-/m0/s1. The third-order valence-corrected chi connectivity index (χ3v) is 2.56. The van der Waals surface area contributed by atoms with E-state index in [2.05, 4.69) is 25.7 Å². The lowest BCUT2D eigenvalue weighted by Crippen LogP contribution is -2.41. The van der Waals surface area contributed by atoms with E-state index < -0.39 is 0 Å². The number of aliphatic hydroxyl groups is 1.